The number of halogens is 1. The summed E-state index contributed by atoms with van der Waals surface area (Å²) in [5, 5.41) is 25.5. The Morgan fingerprint density at radius 3 is 2.06 bits per heavy atom. The molecule has 12 heteroatoms. The number of aliphatic hydroxyl groups excluding tert-OH is 1. The SMILES string of the molecule is C[Si](C)(C)CCOCN(COCC[Si](C)(C)C)c1c(Br)c(C2CCC(O)(CO)CC2)nc2c(-c3ccc(-c4ccccc4)nc3)cnn12. The van der Waals surface area contributed by atoms with Crippen LogP contribution >= 0.6 is 15.9 Å². The zero-order chi connectivity index (χ0) is 34.5. The molecule has 9 nitrogen and oxygen atoms in total. The van der Waals surface area contributed by atoms with Gasteiger partial charge in [-0.1, -0.05) is 75.7 Å². The van der Waals surface area contributed by atoms with Gasteiger partial charge in [-0.2, -0.15) is 9.61 Å². The fourth-order valence-electron chi connectivity index (χ4n) is 5.91. The summed E-state index contributed by atoms with van der Waals surface area (Å²) in [4.78, 5) is 12.2. The number of hydrogen-bond acceptors (Lipinski definition) is 8. The number of rotatable bonds is 15. The monoisotopic (exact) mass is 753 g/mol. The Morgan fingerprint density at radius 1 is 0.896 bits per heavy atom. The third-order valence-corrected chi connectivity index (χ3v) is 13.3. The number of fused-ring (bicyclic) bond motifs is 1. The molecule has 0 aliphatic heterocycles. The van der Waals surface area contributed by atoms with Crippen molar-refractivity contribution in [3.63, 3.8) is 0 Å². The molecular weight excluding hydrogens is 703 g/mol. The van der Waals surface area contributed by atoms with E-state index < -0.39 is 21.7 Å². The van der Waals surface area contributed by atoms with Crippen molar-refractivity contribution in [1.82, 2.24) is 19.6 Å². The second-order valence-corrected chi connectivity index (χ2v) is 27.7. The molecule has 3 heterocycles. The minimum atomic E-state index is -1.27. The molecular formula is C36H52BrN5O4Si2. The molecule has 1 fully saturated rings. The van der Waals surface area contributed by atoms with Gasteiger partial charge in [-0.15, -0.1) is 0 Å². The Kier molecular flexibility index (Phi) is 12.0. The number of benzene rings is 1. The predicted octanol–water partition coefficient (Wildman–Crippen LogP) is 8.03. The van der Waals surface area contributed by atoms with Gasteiger partial charge in [-0.05, 0) is 59.8 Å². The summed E-state index contributed by atoms with van der Waals surface area (Å²) in [6.07, 6.45) is 6.22. The standard InChI is InChI=1S/C36H52BrN5O4Si2/c1-47(2,3)20-18-45-25-41(26-46-19-21-48(4,5)6)35-32(37)33(28-14-16-36(44,24-43)17-15-28)40-34-30(23-39-42(34)35)29-12-13-31(38-22-29)27-10-8-7-9-11-27/h7-13,22-23,28,43-44H,14-21,24-26H2,1-6H3. The normalized spacial score (nSPS) is 18.8. The minimum Gasteiger partial charge on any atom is -0.393 e. The minimum absolute atomic E-state index is 0.0961. The molecule has 4 aromatic rings. The van der Waals surface area contributed by atoms with Crippen LogP contribution in [-0.2, 0) is 9.47 Å². The summed E-state index contributed by atoms with van der Waals surface area (Å²) in [6, 6.07) is 16.4. The first kappa shape index (κ1) is 36.8. The van der Waals surface area contributed by atoms with Crippen molar-refractivity contribution in [1.29, 1.82) is 0 Å². The lowest BCUT2D eigenvalue weighted by molar-refractivity contribution is -0.0458. The van der Waals surface area contributed by atoms with Crippen molar-refractivity contribution < 1.29 is 19.7 Å². The van der Waals surface area contributed by atoms with Crippen LogP contribution in [0.2, 0.25) is 51.4 Å². The molecule has 1 aliphatic carbocycles. The summed E-state index contributed by atoms with van der Waals surface area (Å²) in [5.41, 5.74) is 4.40. The van der Waals surface area contributed by atoms with Crippen LogP contribution in [0.4, 0.5) is 5.82 Å². The predicted molar refractivity (Wildman–Crippen MR) is 203 cm³/mol. The van der Waals surface area contributed by atoms with E-state index in [-0.39, 0.29) is 12.5 Å². The molecule has 1 saturated carbocycles. The molecule has 5 rings (SSSR count). The van der Waals surface area contributed by atoms with Crippen LogP contribution in [0.3, 0.4) is 0 Å². The average Bonchev–Trinajstić information content (AvgIpc) is 3.47. The highest BCUT2D eigenvalue weighted by Gasteiger charge is 2.36. The van der Waals surface area contributed by atoms with E-state index in [1.165, 1.54) is 0 Å². The van der Waals surface area contributed by atoms with Gasteiger partial charge in [0.15, 0.2) is 11.5 Å². The maximum Gasteiger partial charge on any atom is 0.165 e. The Labute approximate surface area is 295 Å². The number of hydrogen-bond donors (Lipinski definition) is 2. The van der Waals surface area contributed by atoms with E-state index >= 15 is 0 Å². The van der Waals surface area contributed by atoms with Crippen molar-refractivity contribution >= 4 is 43.5 Å². The first-order valence-electron chi connectivity index (χ1n) is 17.1. The highest BCUT2D eigenvalue weighted by molar-refractivity contribution is 9.10. The van der Waals surface area contributed by atoms with Gasteiger partial charge in [0.05, 0.1) is 34.3 Å². The van der Waals surface area contributed by atoms with Crippen molar-refractivity contribution in [2.45, 2.75) is 88.6 Å². The number of anilines is 1. The van der Waals surface area contributed by atoms with Crippen LogP contribution in [-0.4, -0.2) is 84.8 Å². The largest absolute Gasteiger partial charge is 0.393 e. The van der Waals surface area contributed by atoms with Crippen molar-refractivity contribution in [3.05, 3.63) is 65.0 Å². The number of nitrogens with zero attached hydrogens (tertiary/aromatic N) is 5. The van der Waals surface area contributed by atoms with Gasteiger partial charge in [0.25, 0.3) is 0 Å². The van der Waals surface area contributed by atoms with E-state index in [9.17, 15) is 10.2 Å². The summed E-state index contributed by atoms with van der Waals surface area (Å²) in [7, 11) is -2.55. The lowest BCUT2D eigenvalue weighted by atomic mass is 9.78. The zero-order valence-electron chi connectivity index (χ0n) is 29.4. The van der Waals surface area contributed by atoms with E-state index in [2.05, 4.69) is 78.3 Å². The Balaban J connectivity index is 1.55. The van der Waals surface area contributed by atoms with Gasteiger partial charge in [0.1, 0.15) is 13.5 Å². The zero-order valence-corrected chi connectivity index (χ0v) is 33.0. The van der Waals surface area contributed by atoms with Gasteiger partial charge >= 0.3 is 0 Å². The van der Waals surface area contributed by atoms with Crippen LogP contribution < -0.4 is 4.90 Å². The van der Waals surface area contributed by atoms with Crippen LogP contribution in [0, 0.1) is 0 Å². The Hall–Kier alpha value is -2.46. The topological polar surface area (TPSA) is 105 Å². The molecule has 1 aromatic carbocycles. The average molecular weight is 755 g/mol. The van der Waals surface area contributed by atoms with Gasteiger partial charge in [0.2, 0.25) is 0 Å². The number of pyridine rings is 1. The Bertz CT molecular complexity index is 1610. The van der Waals surface area contributed by atoms with Crippen LogP contribution in [0.5, 0.6) is 0 Å². The highest BCUT2D eigenvalue weighted by atomic mass is 79.9. The molecule has 48 heavy (non-hydrogen) atoms. The number of aromatic nitrogens is 4. The fraction of sp³-hybridized carbons (Fsp3) is 0.528. The van der Waals surface area contributed by atoms with E-state index in [0.717, 1.165) is 56.1 Å². The maximum atomic E-state index is 10.8. The summed E-state index contributed by atoms with van der Waals surface area (Å²) < 4.78 is 15.4. The summed E-state index contributed by atoms with van der Waals surface area (Å²) in [5.74, 6) is 0.929. The van der Waals surface area contributed by atoms with E-state index in [1.54, 1.807) is 0 Å². The summed E-state index contributed by atoms with van der Waals surface area (Å²) in [6.45, 7) is 16.0. The third kappa shape index (κ3) is 9.40. The third-order valence-electron chi connectivity index (χ3n) is 9.12. The number of ether oxygens (including phenoxy) is 2. The van der Waals surface area contributed by atoms with Crippen LogP contribution in [0.25, 0.3) is 28.0 Å². The van der Waals surface area contributed by atoms with Crippen LogP contribution in [0.1, 0.15) is 37.3 Å². The molecule has 0 unspecified atom stereocenters. The molecule has 0 radical (unpaired) electrons. The first-order valence-corrected chi connectivity index (χ1v) is 25.3. The molecule has 0 amide bonds. The van der Waals surface area contributed by atoms with Crippen molar-refractivity contribution in [3.8, 4) is 22.4 Å². The number of aliphatic hydroxyl groups is 2. The van der Waals surface area contributed by atoms with E-state index in [4.69, 9.17) is 24.5 Å². The van der Waals surface area contributed by atoms with Gasteiger partial charge in [-0.25, -0.2) is 4.98 Å². The second kappa shape index (κ2) is 15.6. The molecule has 260 valence electrons. The maximum absolute atomic E-state index is 10.8. The summed E-state index contributed by atoms with van der Waals surface area (Å²) >= 11 is 3.98. The van der Waals surface area contributed by atoms with Gasteiger partial charge < -0.3 is 24.6 Å². The second-order valence-electron chi connectivity index (χ2n) is 15.6. The Morgan fingerprint density at radius 2 is 1.52 bits per heavy atom. The molecule has 2 N–H and O–H groups in total. The molecule has 0 saturated heterocycles. The van der Waals surface area contributed by atoms with E-state index in [0.29, 0.717) is 52.4 Å². The molecule has 0 bridgehead atoms. The molecule has 0 spiro atoms. The lowest BCUT2D eigenvalue weighted by Gasteiger charge is -2.35. The van der Waals surface area contributed by atoms with E-state index in [1.807, 2.05) is 41.2 Å². The smallest absolute Gasteiger partial charge is 0.165 e. The van der Waals surface area contributed by atoms with Crippen molar-refractivity contribution in [2.75, 3.05) is 38.2 Å². The van der Waals surface area contributed by atoms with Gasteiger partial charge in [-0.3, -0.25) is 4.98 Å². The molecule has 1 aliphatic rings. The highest BCUT2D eigenvalue weighted by Crippen LogP contribution is 2.43. The lowest BCUT2D eigenvalue weighted by Crippen LogP contribution is -2.37. The van der Waals surface area contributed by atoms with Crippen LogP contribution in [0.15, 0.2) is 59.3 Å². The fourth-order valence-corrected chi connectivity index (χ4v) is 8.25. The quantitative estimate of drug-likeness (QED) is 0.0715. The van der Waals surface area contributed by atoms with Crippen molar-refractivity contribution in [2.24, 2.45) is 0 Å². The molecule has 3 aromatic heterocycles. The molecule has 0 atom stereocenters. The van der Waals surface area contributed by atoms with Gasteiger partial charge in [0, 0.05) is 58.2 Å². The first-order chi connectivity index (χ1) is 22.8.